The smallest absolute Gasteiger partial charge is 0.408 e. The number of nitrogens with two attached hydrogens (primary N) is 1. The topological polar surface area (TPSA) is 131 Å². The highest BCUT2D eigenvalue weighted by Gasteiger charge is 2.38. The lowest BCUT2D eigenvalue weighted by atomic mass is 9.96. The Kier molecular flexibility index (Phi) is 10.7. The third-order valence-corrected chi connectivity index (χ3v) is 6.22. The van der Waals surface area contributed by atoms with Crippen LogP contribution in [0.3, 0.4) is 0 Å². The number of ether oxygens (including phenoxy) is 1. The molecule has 0 radical (unpaired) electrons. The Labute approximate surface area is 231 Å². The number of rotatable bonds is 10. The maximum absolute atomic E-state index is 14.1. The molecule has 0 aliphatic rings. The molecule has 9 heteroatoms. The monoisotopic (exact) mass is 538 g/mol. The van der Waals surface area contributed by atoms with Crippen LogP contribution in [-0.2, 0) is 19.1 Å². The van der Waals surface area contributed by atoms with E-state index in [1.807, 2.05) is 63.2 Å². The van der Waals surface area contributed by atoms with Crippen LogP contribution in [0.5, 0.6) is 0 Å². The van der Waals surface area contributed by atoms with Crippen LogP contribution in [0.4, 0.5) is 10.5 Å². The number of nitrogens with one attached hydrogen (secondary N) is 2. The van der Waals surface area contributed by atoms with Crippen LogP contribution in [0.2, 0.25) is 0 Å². The van der Waals surface area contributed by atoms with E-state index in [0.717, 1.165) is 16.7 Å². The fourth-order valence-electron chi connectivity index (χ4n) is 4.37. The first-order valence-electron chi connectivity index (χ1n) is 13.1. The van der Waals surface area contributed by atoms with E-state index in [2.05, 4.69) is 10.6 Å². The van der Waals surface area contributed by atoms with E-state index in [0.29, 0.717) is 11.3 Å². The number of benzene rings is 2. The fourth-order valence-corrected chi connectivity index (χ4v) is 4.37. The molecule has 0 fully saturated rings. The summed E-state index contributed by atoms with van der Waals surface area (Å²) in [5.41, 5.74) is 8.50. The Morgan fingerprint density at radius 2 is 1.49 bits per heavy atom. The number of hydrogen-bond acceptors (Lipinski definition) is 5. The lowest BCUT2D eigenvalue weighted by Crippen LogP contribution is -2.54. The molecule has 0 aliphatic carbocycles. The minimum Gasteiger partial charge on any atom is -0.444 e. The number of hydrogen-bond donors (Lipinski definition) is 3. The summed E-state index contributed by atoms with van der Waals surface area (Å²) < 4.78 is 5.37. The van der Waals surface area contributed by atoms with Crippen LogP contribution in [0.1, 0.15) is 75.8 Å². The molecule has 0 saturated carbocycles. The molecule has 4 amide bonds. The summed E-state index contributed by atoms with van der Waals surface area (Å²) in [5, 5.41) is 5.64. The number of primary amides is 1. The van der Waals surface area contributed by atoms with Gasteiger partial charge in [0, 0.05) is 18.2 Å². The van der Waals surface area contributed by atoms with Gasteiger partial charge in [0.15, 0.2) is 0 Å². The minimum atomic E-state index is -1.14. The summed E-state index contributed by atoms with van der Waals surface area (Å²) in [4.78, 5) is 53.9. The number of carbonyl (C=O) groups excluding carboxylic acids is 4. The Morgan fingerprint density at radius 3 is 2.00 bits per heavy atom. The SMILES string of the molecule is Cc1ccccc1C(C(=O)Nc1c(C)cccc1C)N(C(=O)C(CCC(N)=O)NC(=O)OC(C)(C)C)C(C)C. The lowest BCUT2D eigenvalue weighted by Gasteiger charge is -2.38. The quantitative estimate of drug-likeness (QED) is 0.404. The summed E-state index contributed by atoms with van der Waals surface area (Å²) in [6, 6.07) is 10.5. The Bertz CT molecular complexity index is 1180. The van der Waals surface area contributed by atoms with Gasteiger partial charge in [0.1, 0.15) is 17.7 Å². The highest BCUT2D eigenvalue weighted by molar-refractivity contribution is 6.00. The number of nitrogens with zero attached hydrogens (tertiary/aromatic N) is 1. The van der Waals surface area contributed by atoms with Crippen LogP contribution in [0, 0.1) is 20.8 Å². The molecule has 0 spiro atoms. The van der Waals surface area contributed by atoms with Crippen molar-refractivity contribution < 1.29 is 23.9 Å². The van der Waals surface area contributed by atoms with Crippen molar-refractivity contribution in [2.75, 3.05) is 5.32 Å². The normalized spacial score (nSPS) is 12.8. The first-order chi connectivity index (χ1) is 18.1. The summed E-state index contributed by atoms with van der Waals surface area (Å²) in [5.74, 6) is -1.53. The van der Waals surface area contributed by atoms with E-state index in [9.17, 15) is 19.2 Å². The van der Waals surface area contributed by atoms with Gasteiger partial charge in [0.2, 0.25) is 11.8 Å². The molecule has 2 aromatic carbocycles. The average Bonchev–Trinajstić information content (AvgIpc) is 2.81. The van der Waals surface area contributed by atoms with Crippen molar-refractivity contribution >= 4 is 29.5 Å². The van der Waals surface area contributed by atoms with E-state index in [1.54, 1.807) is 34.6 Å². The van der Waals surface area contributed by atoms with Crippen LogP contribution in [0.15, 0.2) is 42.5 Å². The predicted molar refractivity (Wildman–Crippen MR) is 152 cm³/mol. The standard InChI is InChI=1S/C30H42N4O5/c1-18(2)34(28(37)23(16-17-24(31)35)32-29(38)39-30(6,7)8)26(22-15-10-9-12-19(22)3)27(36)33-25-20(4)13-11-14-21(25)5/h9-15,18,23,26H,16-17H2,1-8H3,(H2,31,35)(H,32,38)(H,33,36). The molecular formula is C30H42N4O5. The third-order valence-electron chi connectivity index (χ3n) is 6.22. The van der Waals surface area contributed by atoms with E-state index in [-0.39, 0.29) is 12.8 Å². The summed E-state index contributed by atoms with van der Waals surface area (Å²) in [7, 11) is 0. The third kappa shape index (κ3) is 8.84. The second-order valence-electron chi connectivity index (χ2n) is 11.1. The molecule has 9 nitrogen and oxygen atoms in total. The highest BCUT2D eigenvalue weighted by atomic mass is 16.6. The molecular weight excluding hydrogens is 496 g/mol. The second kappa shape index (κ2) is 13.3. The Morgan fingerprint density at radius 1 is 0.923 bits per heavy atom. The molecule has 0 aliphatic heterocycles. The number of amides is 4. The van der Waals surface area contributed by atoms with E-state index in [1.165, 1.54) is 4.90 Å². The molecule has 4 N–H and O–H groups in total. The summed E-state index contributed by atoms with van der Waals surface area (Å²) in [6.07, 6.45) is -0.987. The van der Waals surface area contributed by atoms with Crippen LogP contribution in [-0.4, -0.2) is 46.4 Å². The molecule has 0 aromatic heterocycles. The van der Waals surface area contributed by atoms with Crippen LogP contribution in [0.25, 0.3) is 0 Å². The van der Waals surface area contributed by atoms with Gasteiger partial charge in [0.05, 0.1) is 0 Å². The van der Waals surface area contributed by atoms with Crippen molar-refractivity contribution in [2.24, 2.45) is 5.73 Å². The number of anilines is 1. The van der Waals surface area contributed by atoms with Gasteiger partial charge in [-0.3, -0.25) is 14.4 Å². The first-order valence-corrected chi connectivity index (χ1v) is 13.1. The van der Waals surface area contributed by atoms with Gasteiger partial charge in [-0.1, -0.05) is 42.5 Å². The summed E-state index contributed by atoms with van der Waals surface area (Å²) in [6.45, 7) is 14.4. The van der Waals surface area contributed by atoms with Crippen molar-refractivity contribution in [1.29, 1.82) is 0 Å². The van der Waals surface area contributed by atoms with E-state index < -0.39 is 47.5 Å². The summed E-state index contributed by atoms with van der Waals surface area (Å²) >= 11 is 0. The zero-order chi connectivity index (χ0) is 29.5. The van der Waals surface area contributed by atoms with Crippen molar-refractivity contribution in [3.05, 3.63) is 64.7 Å². The van der Waals surface area contributed by atoms with Gasteiger partial charge in [-0.05, 0) is 84.1 Å². The number of aryl methyl sites for hydroxylation is 3. The highest BCUT2D eigenvalue weighted by Crippen LogP contribution is 2.30. The Hall–Kier alpha value is -3.88. The van der Waals surface area contributed by atoms with Gasteiger partial charge < -0.3 is 26.0 Å². The van der Waals surface area contributed by atoms with Crippen molar-refractivity contribution in [3.8, 4) is 0 Å². The van der Waals surface area contributed by atoms with E-state index in [4.69, 9.17) is 10.5 Å². The molecule has 212 valence electrons. The van der Waals surface area contributed by atoms with Crippen molar-refractivity contribution in [1.82, 2.24) is 10.2 Å². The lowest BCUT2D eigenvalue weighted by molar-refractivity contribution is -0.143. The van der Waals surface area contributed by atoms with E-state index >= 15 is 0 Å². The van der Waals surface area contributed by atoms with Crippen LogP contribution < -0.4 is 16.4 Å². The molecule has 0 heterocycles. The largest absolute Gasteiger partial charge is 0.444 e. The number of para-hydroxylation sites is 1. The molecule has 2 atom stereocenters. The fraction of sp³-hybridized carbons (Fsp3) is 0.467. The van der Waals surface area contributed by atoms with Gasteiger partial charge in [-0.15, -0.1) is 0 Å². The van der Waals surface area contributed by atoms with Gasteiger partial charge >= 0.3 is 6.09 Å². The maximum atomic E-state index is 14.1. The zero-order valence-corrected chi connectivity index (χ0v) is 24.3. The second-order valence-corrected chi connectivity index (χ2v) is 11.1. The molecule has 2 rings (SSSR count). The van der Waals surface area contributed by atoms with Gasteiger partial charge in [-0.25, -0.2) is 4.79 Å². The van der Waals surface area contributed by atoms with Crippen molar-refractivity contribution in [3.63, 3.8) is 0 Å². The molecule has 2 unspecified atom stereocenters. The van der Waals surface area contributed by atoms with Crippen molar-refractivity contribution in [2.45, 2.75) is 92.0 Å². The number of carbonyl (C=O) groups is 4. The molecule has 0 bridgehead atoms. The van der Waals surface area contributed by atoms with Gasteiger partial charge in [-0.2, -0.15) is 0 Å². The molecule has 2 aromatic rings. The first kappa shape index (κ1) is 31.3. The Balaban J connectivity index is 2.58. The molecule has 0 saturated heterocycles. The predicted octanol–water partition coefficient (Wildman–Crippen LogP) is 4.69. The van der Waals surface area contributed by atoms with Gasteiger partial charge in [0.25, 0.3) is 5.91 Å². The van der Waals surface area contributed by atoms with Crippen LogP contribution >= 0.6 is 0 Å². The average molecular weight is 539 g/mol. The minimum absolute atomic E-state index is 0.0460. The number of alkyl carbamates (subject to hydrolysis) is 1. The molecule has 39 heavy (non-hydrogen) atoms. The maximum Gasteiger partial charge on any atom is 0.408 e. The zero-order valence-electron chi connectivity index (χ0n) is 24.3.